The van der Waals surface area contributed by atoms with E-state index in [0.29, 0.717) is 16.7 Å². The van der Waals surface area contributed by atoms with Crippen LogP contribution in [0.1, 0.15) is 26.7 Å². The van der Waals surface area contributed by atoms with Gasteiger partial charge in [-0.15, -0.1) is 0 Å². The maximum Gasteiger partial charge on any atom is 0.157 e. The molecule has 1 aromatic heterocycles. The summed E-state index contributed by atoms with van der Waals surface area (Å²) in [5.41, 5.74) is 6.22. The van der Waals surface area contributed by atoms with E-state index < -0.39 is 0 Å². The Morgan fingerprint density at radius 3 is 2.59 bits per heavy atom. The Bertz CT molecular complexity index is 360. The molecule has 0 saturated carbocycles. The van der Waals surface area contributed by atoms with Crippen molar-refractivity contribution in [2.75, 3.05) is 23.9 Å². The average Bonchev–Trinajstić information content (AvgIpc) is 2.36. The summed E-state index contributed by atoms with van der Waals surface area (Å²) in [4.78, 5) is 7.93. The van der Waals surface area contributed by atoms with E-state index in [1.807, 2.05) is 11.8 Å². The molecule has 0 radical (unpaired) electrons. The van der Waals surface area contributed by atoms with Crippen molar-refractivity contribution < 1.29 is 0 Å². The normalized spacial score (nSPS) is 11.5. The van der Waals surface area contributed by atoms with Crippen molar-refractivity contribution in [1.29, 1.82) is 0 Å². The van der Waals surface area contributed by atoms with Crippen LogP contribution in [-0.4, -0.2) is 27.5 Å². The third-order valence-electron chi connectivity index (χ3n) is 3.13. The monoisotopic (exact) mass is 274 g/mol. The van der Waals surface area contributed by atoms with Crippen molar-refractivity contribution in [3.8, 4) is 0 Å². The second-order valence-corrected chi connectivity index (χ2v) is 5.51. The molecule has 4 nitrogen and oxygen atoms in total. The van der Waals surface area contributed by atoms with Gasteiger partial charge in [0, 0.05) is 11.3 Å². The highest BCUT2D eigenvalue weighted by molar-refractivity contribution is 8.00. The van der Waals surface area contributed by atoms with E-state index in [1.165, 1.54) is 6.33 Å². The van der Waals surface area contributed by atoms with Crippen LogP contribution in [0.4, 0.5) is 11.5 Å². The maximum absolute atomic E-state index is 5.84. The summed E-state index contributed by atoms with van der Waals surface area (Å²) in [5, 5.41) is 3.56. The minimum atomic E-state index is 0.212. The van der Waals surface area contributed by atoms with Gasteiger partial charge in [-0.3, -0.25) is 0 Å². The second-order valence-electron chi connectivity index (χ2n) is 3.87. The lowest BCUT2D eigenvalue weighted by Crippen LogP contribution is -2.32. The third-order valence-corrected chi connectivity index (χ3v) is 5.02. The minimum absolute atomic E-state index is 0.212. The molecule has 0 amide bonds. The first-order valence-corrected chi connectivity index (χ1v) is 7.23. The predicted molar refractivity (Wildman–Crippen MR) is 76.8 cm³/mol. The number of thioether (sulfide) groups is 1. The number of rotatable bonds is 6. The first-order chi connectivity index (χ1) is 8.08. The number of nitrogen functional groups attached to an aromatic ring is 1. The van der Waals surface area contributed by atoms with E-state index in [2.05, 4.69) is 35.4 Å². The van der Waals surface area contributed by atoms with Gasteiger partial charge in [-0.05, 0) is 19.1 Å². The highest BCUT2D eigenvalue weighted by Gasteiger charge is 2.25. The Balaban J connectivity index is 2.75. The molecule has 0 unspecified atom stereocenters. The number of anilines is 2. The molecule has 0 atom stereocenters. The van der Waals surface area contributed by atoms with Gasteiger partial charge in [0.15, 0.2) is 11.0 Å². The Morgan fingerprint density at radius 2 is 2.06 bits per heavy atom. The quantitative estimate of drug-likeness (QED) is 0.781. The molecule has 3 N–H and O–H groups in total. The number of nitrogens with one attached hydrogen (secondary N) is 1. The van der Waals surface area contributed by atoms with Crippen LogP contribution in [0.5, 0.6) is 0 Å². The third kappa shape index (κ3) is 3.39. The van der Waals surface area contributed by atoms with Crippen molar-refractivity contribution >= 4 is 34.9 Å². The van der Waals surface area contributed by atoms with Gasteiger partial charge in [0.1, 0.15) is 12.0 Å². The second kappa shape index (κ2) is 6.31. The molecule has 0 spiro atoms. The molecular formula is C11H19ClN4S. The molecule has 0 aromatic carbocycles. The summed E-state index contributed by atoms with van der Waals surface area (Å²) in [6.45, 7) is 5.20. The fourth-order valence-electron chi connectivity index (χ4n) is 1.62. The van der Waals surface area contributed by atoms with Gasteiger partial charge < -0.3 is 11.1 Å². The smallest absolute Gasteiger partial charge is 0.157 e. The van der Waals surface area contributed by atoms with Gasteiger partial charge in [-0.25, -0.2) is 9.97 Å². The van der Waals surface area contributed by atoms with Crippen LogP contribution in [0.3, 0.4) is 0 Å². The van der Waals surface area contributed by atoms with Crippen LogP contribution in [0.15, 0.2) is 6.33 Å². The molecule has 0 fully saturated rings. The lowest BCUT2D eigenvalue weighted by Gasteiger charge is -2.30. The topological polar surface area (TPSA) is 63.8 Å². The molecule has 0 saturated heterocycles. The maximum atomic E-state index is 5.84. The largest absolute Gasteiger partial charge is 0.393 e. The van der Waals surface area contributed by atoms with Crippen molar-refractivity contribution in [3.63, 3.8) is 0 Å². The Kier molecular flexibility index (Phi) is 5.33. The van der Waals surface area contributed by atoms with Crippen LogP contribution in [0.2, 0.25) is 5.15 Å². The van der Waals surface area contributed by atoms with Crippen LogP contribution >= 0.6 is 23.4 Å². The highest BCUT2D eigenvalue weighted by Crippen LogP contribution is 2.31. The predicted octanol–water partition coefficient (Wildman–Crippen LogP) is 3.05. The molecule has 6 heteroatoms. The Labute approximate surface area is 112 Å². The molecule has 1 rings (SSSR count). The van der Waals surface area contributed by atoms with Gasteiger partial charge >= 0.3 is 0 Å². The van der Waals surface area contributed by atoms with E-state index in [9.17, 15) is 0 Å². The zero-order chi connectivity index (χ0) is 12.9. The number of aromatic nitrogens is 2. The van der Waals surface area contributed by atoms with Gasteiger partial charge in [0.2, 0.25) is 0 Å². The number of nitrogens with two attached hydrogens (primary N) is 1. The van der Waals surface area contributed by atoms with Gasteiger partial charge in [-0.1, -0.05) is 25.4 Å². The van der Waals surface area contributed by atoms with Gasteiger partial charge in [0.05, 0.1) is 0 Å². The van der Waals surface area contributed by atoms with Crippen LogP contribution < -0.4 is 11.1 Å². The fourth-order valence-corrected chi connectivity index (χ4v) is 2.55. The summed E-state index contributed by atoms with van der Waals surface area (Å²) >= 11 is 7.71. The van der Waals surface area contributed by atoms with E-state index in [4.69, 9.17) is 17.3 Å². The molecule has 0 aliphatic rings. The van der Waals surface area contributed by atoms with Crippen molar-refractivity contribution in [2.45, 2.75) is 31.4 Å². The van der Waals surface area contributed by atoms with Gasteiger partial charge in [-0.2, -0.15) is 11.8 Å². The summed E-state index contributed by atoms with van der Waals surface area (Å²) in [6, 6.07) is 0. The lowest BCUT2D eigenvalue weighted by atomic mass is 10.0. The number of hydrogen-bond acceptors (Lipinski definition) is 5. The van der Waals surface area contributed by atoms with E-state index >= 15 is 0 Å². The van der Waals surface area contributed by atoms with E-state index in [0.717, 1.165) is 19.4 Å². The SMILES string of the molecule is CCC(CC)(CNc1ncnc(Cl)c1N)SC. The Hall–Kier alpha value is -0.680. The van der Waals surface area contributed by atoms with Crippen molar-refractivity contribution in [2.24, 2.45) is 0 Å². The van der Waals surface area contributed by atoms with E-state index in [-0.39, 0.29) is 4.75 Å². The summed E-state index contributed by atoms with van der Waals surface area (Å²) in [6.07, 6.45) is 5.73. The molecular weight excluding hydrogens is 256 g/mol. The number of nitrogens with zero attached hydrogens (tertiary/aromatic N) is 2. The van der Waals surface area contributed by atoms with Crippen LogP contribution in [-0.2, 0) is 0 Å². The molecule has 0 aliphatic heterocycles. The lowest BCUT2D eigenvalue weighted by molar-refractivity contribution is 0.574. The van der Waals surface area contributed by atoms with E-state index in [1.54, 1.807) is 0 Å². The van der Waals surface area contributed by atoms with Crippen molar-refractivity contribution in [1.82, 2.24) is 9.97 Å². The standard InChI is InChI=1S/C11H19ClN4S/c1-4-11(5-2,17-3)6-14-10-8(13)9(12)15-7-16-10/h7H,4-6,13H2,1-3H3,(H,14,15,16). The summed E-state index contributed by atoms with van der Waals surface area (Å²) < 4.78 is 0.212. The highest BCUT2D eigenvalue weighted by atomic mass is 35.5. The molecule has 0 aliphatic carbocycles. The first-order valence-electron chi connectivity index (χ1n) is 5.63. The zero-order valence-corrected chi connectivity index (χ0v) is 12.0. The van der Waals surface area contributed by atoms with Gasteiger partial charge in [0.25, 0.3) is 0 Å². The molecule has 0 bridgehead atoms. The first kappa shape index (κ1) is 14.4. The molecule has 1 aromatic rings. The number of hydrogen-bond donors (Lipinski definition) is 2. The summed E-state index contributed by atoms with van der Waals surface area (Å²) in [7, 11) is 0. The number of halogens is 1. The Morgan fingerprint density at radius 1 is 1.41 bits per heavy atom. The average molecular weight is 275 g/mol. The van der Waals surface area contributed by atoms with Crippen molar-refractivity contribution in [3.05, 3.63) is 11.5 Å². The molecule has 1 heterocycles. The summed E-state index contributed by atoms with van der Waals surface area (Å²) in [5.74, 6) is 0.616. The zero-order valence-electron chi connectivity index (χ0n) is 10.5. The van der Waals surface area contributed by atoms with Crippen LogP contribution in [0.25, 0.3) is 0 Å². The minimum Gasteiger partial charge on any atom is -0.393 e. The molecule has 96 valence electrons. The molecule has 17 heavy (non-hydrogen) atoms. The fraction of sp³-hybridized carbons (Fsp3) is 0.636. The van der Waals surface area contributed by atoms with Crippen LogP contribution in [0, 0.1) is 0 Å².